The summed E-state index contributed by atoms with van der Waals surface area (Å²) < 4.78 is 5.40. The quantitative estimate of drug-likeness (QED) is 0.322. The Hall–Kier alpha value is -2.23. The highest BCUT2D eigenvalue weighted by molar-refractivity contribution is 14.0. The molecular weight excluding hydrogens is 505 g/mol. The van der Waals surface area contributed by atoms with Crippen LogP contribution in [-0.2, 0) is 11.2 Å². The van der Waals surface area contributed by atoms with Crippen molar-refractivity contribution in [1.29, 1.82) is 0 Å². The number of rotatable bonds is 7. The zero-order valence-corrected chi connectivity index (χ0v) is 21.0. The van der Waals surface area contributed by atoms with Crippen LogP contribution in [0.5, 0.6) is 0 Å². The number of carbonyl (C=O) groups excluding carboxylic acids is 1. The number of amides is 1. The van der Waals surface area contributed by atoms with E-state index in [0.29, 0.717) is 12.5 Å². The molecule has 2 N–H and O–H groups in total. The van der Waals surface area contributed by atoms with Crippen molar-refractivity contribution in [3.8, 4) is 0 Å². The Morgan fingerprint density at radius 3 is 2.71 bits per heavy atom. The molecule has 1 atom stereocenters. The molecule has 1 aliphatic heterocycles. The summed E-state index contributed by atoms with van der Waals surface area (Å²) in [4.78, 5) is 20.5. The van der Waals surface area contributed by atoms with Gasteiger partial charge in [-0.05, 0) is 44.0 Å². The van der Waals surface area contributed by atoms with Gasteiger partial charge in [0.25, 0.3) is 0 Å². The molecule has 1 saturated heterocycles. The van der Waals surface area contributed by atoms with Gasteiger partial charge < -0.3 is 24.9 Å². The first-order valence-corrected chi connectivity index (χ1v) is 10.6. The Morgan fingerprint density at radius 2 is 2.03 bits per heavy atom. The molecule has 170 valence electrons. The maximum atomic E-state index is 12.0. The number of carbonyl (C=O) groups is 1. The van der Waals surface area contributed by atoms with Crippen molar-refractivity contribution in [2.24, 2.45) is 4.99 Å². The van der Waals surface area contributed by atoms with Crippen molar-refractivity contribution in [3.05, 3.63) is 54.0 Å². The van der Waals surface area contributed by atoms with Crippen LogP contribution in [0.3, 0.4) is 0 Å². The second-order valence-electron chi connectivity index (χ2n) is 7.97. The summed E-state index contributed by atoms with van der Waals surface area (Å²) in [7, 11) is 3.49. The third kappa shape index (κ3) is 8.08. The summed E-state index contributed by atoms with van der Waals surface area (Å²) in [5.41, 5.74) is 2.52. The SMILES string of the molecule is Cc1ccc(N2CCCC(NC(=NCC(=O)N(C)C)NCCc3ccco3)C2)cc1.I. The van der Waals surface area contributed by atoms with E-state index in [2.05, 4.69) is 51.7 Å². The number of nitrogens with zero attached hydrogens (tertiary/aromatic N) is 3. The van der Waals surface area contributed by atoms with Crippen molar-refractivity contribution >= 4 is 41.5 Å². The maximum absolute atomic E-state index is 12.0. The fraction of sp³-hybridized carbons (Fsp3) is 0.478. The zero-order chi connectivity index (χ0) is 21.3. The van der Waals surface area contributed by atoms with Gasteiger partial charge in [-0.2, -0.15) is 0 Å². The van der Waals surface area contributed by atoms with Crippen molar-refractivity contribution in [3.63, 3.8) is 0 Å². The van der Waals surface area contributed by atoms with Gasteiger partial charge in [-0.3, -0.25) is 4.79 Å². The number of piperidine rings is 1. The number of halogens is 1. The number of hydrogen-bond donors (Lipinski definition) is 2. The lowest BCUT2D eigenvalue weighted by molar-refractivity contribution is -0.127. The highest BCUT2D eigenvalue weighted by atomic mass is 127. The van der Waals surface area contributed by atoms with Crippen LogP contribution in [-0.4, -0.2) is 63.1 Å². The van der Waals surface area contributed by atoms with E-state index in [9.17, 15) is 4.79 Å². The van der Waals surface area contributed by atoms with Gasteiger partial charge in [-0.15, -0.1) is 24.0 Å². The minimum absolute atomic E-state index is 0. The van der Waals surface area contributed by atoms with Crippen LogP contribution in [0.2, 0.25) is 0 Å². The van der Waals surface area contributed by atoms with Crippen LogP contribution in [0.4, 0.5) is 5.69 Å². The number of benzene rings is 1. The number of hydrogen-bond acceptors (Lipinski definition) is 4. The standard InChI is InChI=1S/C23H33N5O2.HI/c1-18-8-10-20(11-9-18)28-14-4-6-19(17-28)26-23(25-16-22(29)27(2)3)24-13-12-21-7-5-15-30-21;/h5,7-11,15,19H,4,6,12-14,16-17H2,1-3H3,(H2,24,25,26);1H. The molecule has 0 spiro atoms. The van der Waals surface area contributed by atoms with Crippen molar-refractivity contribution in [2.75, 3.05) is 45.2 Å². The highest BCUT2D eigenvalue weighted by Crippen LogP contribution is 2.20. The molecule has 1 unspecified atom stereocenters. The van der Waals surface area contributed by atoms with Gasteiger partial charge in [0.2, 0.25) is 5.91 Å². The Balaban J connectivity index is 0.00000341. The molecule has 1 amide bonds. The molecule has 0 radical (unpaired) electrons. The Bertz CT molecular complexity index is 821. The third-order valence-corrected chi connectivity index (χ3v) is 5.28. The molecule has 7 nitrogen and oxygen atoms in total. The average Bonchev–Trinajstić information content (AvgIpc) is 3.26. The molecule has 1 fully saturated rings. The second-order valence-corrected chi connectivity index (χ2v) is 7.97. The molecule has 0 aliphatic carbocycles. The minimum Gasteiger partial charge on any atom is -0.469 e. The van der Waals surface area contributed by atoms with Crippen LogP contribution in [0.15, 0.2) is 52.1 Å². The van der Waals surface area contributed by atoms with E-state index >= 15 is 0 Å². The molecular formula is C23H34IN5O2. The highest BCUT2D eigenvalue weighted by Gasteiger charge is 2.21. The maximum Gasteiger partial charge on any atom is 0.243 e. The topological polar surface area (TPSA) is 73.1 Å². The molecule has 1 aromatic carbocycles. The first-order chi connectivity index (χ1) is 14.5. The summed E-state index contributed by atoms with van der Waals surface area (Å²) in [5, 5.41) is 6.89. The van der Waals surface area contributed by atoms with Gasteiger partial charge >= 0.3 is 0 Å². The number of furan rings is 1. The molecule has 8 heteroatoms. The predicted octanol–water partition coefficient (Wildman–Crippen LogP) is 3.04. The smallest absolute Gasteiger partial charge is 0.243 e. The van der Waals surface area contributed by atoms with Crippen LogP contribution < -0.4 is 15.5 Å². The van der Waals surface area contributed by atoms with E-state index < -0.39 is 0 Å². The average molecular weight is 539 g/mol. The van der Waals surface area contributed by atoms with Gasteiger partial charge in [-0.25, -0.2) is 4.99 Å². The molecule has 2 heterocycles. The lowest BCUT2D eigenvalue weighted by Gasteiger charge is -2.35. The number of nitrogens with one attached hydrogen (secondary N) is 2. The van der Waals surface area contributed by atoms with Crippen molar-refractivity contribution < 1.29 is 9.21 Å². The van der Waals surface area contributed by atoms with Crippen LogP contribution in [0, 0.1) is 6.92 Å². The Morgan fingerprint density at radius 1 is 1.26 bits per heavy atom. The summed E-state index contributed by atoms with van der Waals surface area (Å²) in [6.07, 6.45) is 4.63. The first-order valence-electron chi connectivity index (χ1n) is 10.6. The lowest BCUT2D eigenvalue weighted by Crippen LogP contribution is -2.51. The van der Waals surface area contributed by atoms with Gasteiger partial charge in [0.15, 0.2) is 5.96 Å². The monoisotopic (exact) mass is 539 g/mol. The van der Waals surface area contributed by atoms with Gasteiger partial charge in [-0.1, -0.05) is 17.7 Å². The van der Waals surface area contributed by atoms with Crippen molar-refractivity contribution in [1.82, 2.24) is 15.5 Å². The molecule has 1 aliphatic rings. The van der Waals surface area contributed by atoms with Crippen LogP contribution in [0.1, 0.15) is 24.2 Å². The van der Waals surface area contributed by atoms with Crippen molar-refractivity contribution in [2.45, 2.75) is 32.2 Å². The summed E-state index contributed by atoms with van der Waals surface area (Å²) in [5.74, 6) is 1.58. The number of aliphatic imine (C=N–C) groups is 1. The fourth-order valence-electron chi connectivity index (χ4n) is 3.48. The van der Waals surface area contributed by atoms with E-state index in [-0.39, 0.29) is 42.5 Å². The number of anilines is 1. The van der Waals surface area contributed by atoms with Gasteiger partial charge in [0.1, 0.15) is 12.3 Å². The minimum atomic E-state index is -0.0212. The molecule has 1 aromatic heterocycles. The van der Waals surface area contributed by atoms with E-state index in [0.717, 1.165) is 38.1 Å². The van der Waals surface area contributed by atoms with E-state index in [1.807, 2.05) is 12.1 Å². The Kier molecular flexibility index (Phi) is 10.2. The van der Waals surface area contributed by atoms with Crippen LogP contribution >= 0.6 is 24.0 Å². The number of guanidine groups is 1. The molecule has 0 saturated carbocycles. The molecule has 0 bridgehead atoms. The molecule has 31 heavy (non-hydrogen) atoms. The zero-order valence-electron chi connectivity index (χ0n) is 18.6. The van der Waals surface area contributed by atoms with E-state index in [4.69, 9.17) is 4.42 Å². The largest absolute Gasteiger partial charge is 0.469 e. The number of aryl methyl sites for hydroxylation is 1. The van der Waals surface area contributed by atoms with Gasteiger partial charge in [0.05, 0.1) is 6.26 Å². The van der Waals surface area contributed by atoms with E-state index in [1.54, 1.807) is 25.3 Å². The van der Waals surface area contributed by atoms with E-state index in [1.165, 1.54) is 11.3 Å². The molecule has 3 rings (SSSR count). The summed E-state index contributed by atoms with van der Waals surface area (Å²) >= 11 is 0. The third-order valence-electron chi connectivity index (χ3n) is 5.28. The predicted molar refractivity (Wildman–Crippen MR) is 136 cm³/mol. The molecule has 2 aromatic rings. The lowest BCUT2D eigenvalue weighted by atomic mass is 10.0. The fourth-order valence-corrected chi connectivity index (χ4v) is 3.48. The Labute approximate surface area is 202 Å². The summed E-state index contributed by atoms with van der Waals surface area (Å²) in [6, 6.07) is 12.8. The normalized spacial score (nSPS) is 16.4. The second kappa shape index (κ2) is 12.6. The van der Waals surface area contributed by atoms with Gasteiger partial charge in [0, 0.05) is 51.9 Å². The first kappa shape index (κ1) is 25.0. The summed E-state index contributed by atoms with van der Waals surface area (Å²) in [6.45, 7) is 4.88. The number of likely N-dealkylation sites (N-methyl/N-ethyl adjacent to an activating group) is 1. The van der Waals surface area contributed by atoms with Crippen LogP contribution in [0.25, 0.3) is 0 Å².